The summed E-state index contributed by atoms with van der Waals surface area (Å²) < 4.78 is 0. The van der Waals surface area contributed by atoms with Crippen molar-refractivity contribution in [3.63, 3.8) is 0 Å². The van der Waals surface area contributed by atoms with E-state index in [4.69, 9.17) is 0 Å². The molecule has 1 aromatic rings. The molecule has 2 fully saturated rings. The maximum atomic E-state index is 12.4. The number of benzene rings is 1. The number of hydrogen-bond acceptors (Lipinski definition) is 3. The summed E-state index contributed by atoms with van der Waals surface area (Å²) in [7, 11) is 4.15. The molecule has 0 aliphatic heterocycles. The third-order valence-electron chi connectivity index (χ3n) is 8.43. The van der Waals surface area contributed by atoms with E-state index in [1.807, 2.05) is 6.08 Å². The van der Waals surface area contributed by atoms with Crippen LogP contribution in [-0.4, -0.2) is 25.7 Å². The quantitative estimate of drug-likeness (QED) is 0.672. The van der Waals surface area contributed by atoms with Gasteiger partial charge in [-0.2, -0.15) is 0 Å². The van der Waals surface area contributed by atoms with Gasteiger partial charge in [-0.25, -0.2) is 0 Å². The number of hydrogen-bond donors (Lipinski definition) is 0. The number of rotatable bonds is 3. The van der Waals surface area contributed by atoms with Gasteiger partial charge in [0.2, 0.25) is 0 Å². The number of ketones is 2. The predicted octanol–water partition coefficient (Wildman–Crippen LogP) is 5.47. The van der Waals surface area contributed by atoms with Crippen LogP contribution in [0.1, 0.15) is 63.4 Å². The Hall–Kier alpha value is -2.16. The lowest BCUT2D eigenvalue weighted by Crippen LogP contribution is -2.37. The first-order chi connectivity index (χ1) is 14.4. The second kappa shape index (κ2) is 7.51. The monoisotopic (exact) mass is 403 g/mol. The van der Waals surface area contributed by atoms with Crippen LogP contribution in [0.15, 0.2) is 47.1 Å². The summed E-state index contributed by atoms with van der Waals surface area (Å²) in [6.07, 6.45) is 9.05. The molecule has 1 aromatic carbocycles. The van der Waals surface area contributed by atoms with Gasteiger partial charge in [-0.1, -0.05) is 17.7 Å². The first kappa shape index (κ1) is 19.8. The lowest BCUT2D eigenvalue weighted by molar-refractivity contribution is -0.122. The average Bonchev–Trinajstić information content (AvgIpc) is 3.17. The van der Waals surface area contributed by atoms with Gasteiger partial charge >= 0.3 is 0 Å². The van der Waals surface area contributed by atoms with E-state index in [2.05, 4.69) is 43.3 Å². The van der Waals surface area contributed by atoms with Crippen LogP contribution in [0.4, 0.5) is 5.69 Å². The predicted molar refractivity (Wildman–Crippen MR) is 121 cm³/mol. The van der Waals surface area contributed by atoms with Crippen molar-refractivity contribution >= 4 is 17.3 Å². The van der Waals surface area contributed by atoms with Gasteiger partial charge in [0.1, 0.15) is 5.78 Å². The number of fused-ring (bicyclic) bond motifs is 4. The number of nitrogens with zero attached hydrogens (tertiary/aromatic N) is 1. The van der Waals surface area contributed by atoms with E-state index >= 15 is 0 Å². The van der Waals surface area contributed by atoms with E-state index in [1.165, 1.54) is 28.8 Å². The van der Waals surface area contributed by atoms with Crippen molar-refractivity contribution < 1.29 is 9.59 Å². The Morgan fingerprint density at radius 2 is 1.73 bits per heavy atom. The molecule has 5 atom stereocenters. The van der Waals surface area contributed by atoms with Gasteiger partial charge in [0.15, 0.2) is 5.78 Å². The molecule has 4 aliphatic carbocycles. The molecule has 2 saturated carbocycles. The third kappa shape index (κ3) is 3.18. The fraction of sp³-hybridized carbons (Fsp3) is 0.556. The largest absolute Gasteiger partial charge is 0.378 e. The summed E-state index contributed by atoms with van der Waals surface area (Å²) in [5.74, 6) is 3.08. The fourth-order valence-corrected chi connectivity index (χ4v) is 7.08. The number of anilines is 1. The molecule has 0 spiro atoms. The SMILES string of the molecule is CC(=O)C1CCC2C3CCC4=CC(=O)CCC4=C3C(c3ccc(N(C)C)cc3)CC12. The fourth-order valence-electron chi connectivity index (χ4n) is 7.08. The van der Waals surface area contributed by atoms with E-state index in [-0.39, 0.29) is 5.92 Å². The number of allylic oxidation sites excluding steroid dienone is 4. The molecule has 3 heteroatoms. The van der Waals surface area contributed by atoms with Gasteiger partial charge in [0.05, 0.1) is 0 Å². The molecule has 0 heterocycles. The molecular weight excluding hydrogens is 370 g/mol. The number of carbonyl (C=O) groups excluding carboxylic acids is 2. The maximum absolute atomic E-state index is 12.4. The van der Waals surface area contributed by atoms with Crippen molar-refractivity contribution in [3.8, 4) is 0 Å². The van der Waals surface area contributed by atoms with Crippen LogP contribution in [0.3, 0.4) is 0 Å². The van der Waals surface area contributed by atoms with Crippen LogP contribution in [0.2, 0.25) is 0 Å². The molecule has 5 rings (SSSR count). The molecule has 30 heavy (non-hydrogen) atoms. The van der Waals surface area contributed by atoms with Gasteiger partial charge in [-0.3, -0.25) is 9.59 Å². The standard InChI is InChI=1S/C27H33NO2/c1-16(29)21-12-13-23-24-10-6-18-14-20(30)9-11-22(18)27(24)25(15-26(21)23)17-4-7-19(8-5-17)28(2)3/h4-5,7-8,14,21,23-26H,6,9-13,15H2,1-3H3. The van der Waals surface area contributed by atoms with E-state index in [0.29, 0.717) is 41.7 Å². The van der Waals surface area contributed by atoms with E-state index in [1.54, 1.807) is 12.5 Å². The van der Waals surface area contributed by atoms with Crippen LogP contribution >= 0.6 is 0 Å². The Morgan fingerprint density at radius 3 is 2.43 bits per heavy atom. The van der Waals surface area contributed by atoms with Gasteiger partial charge in [-0.15, -0.1) is 0 Å². The molecule has 158 valence electrons. The summed E-state index contributed by atoms with van der Waals surface area (Å²) in [4.78, 5) is 26.7. The Bertz CT molecular complexity index is 936. The zero-order valence-electron chi connectivity index (χ0n) is 18.5. The molecule has 5 unspecified atom stereocenters. The van der Waals surface area contributed by atoms with Crippen LogP contribution < -0.4 is 4.90 Å². The van der Waals surface area contributed by atoms with Crippen molar-refractivity contribution in [1.29, 1.82) is 0 Å². The lowest BCUT2D eigenvalue weighted by Gasteiger charge is -2.47. The Balaban J connectivity index is 1.61. The Labute approximate surface area is 180 Å². The molecule has 0 N–H and O–H groups in total. The zero-order chi connectivity index (χ0) is 21.0. The van der Waals surface area contributed by atoms with Gasteiger partial charge < -0.3 is 4.90 Å². The molecule has 0 saturated heterocycles. The highest BCUT2D eigenvalue weighted by molar-refractivity contribution is 5.93. The van der Waals surface area contributed by atoms with Crippen LogP contribution in [0.5, 0.6) is 0 Å². The minimum atomic E-state index is 0.245. The Morgan fingerprint density at radius 1 is 0.967 bits per heavy atom. The topological polar surface area (TPSA) is 37.4 Å². The van der Waals surface area contributed by atoms with Crippen molar-refractivity contribution in [1.82, 2.24) is 0 Å². The smallest absolute Gasteiger partial charge is 0.156 e. The molecular formula is C27H33NO2. The highest BCUT2D eigenvalue weighted by Crippen LogP contribution is 2.60. The van der Waals surface area contributed by atoms with Gasteiger partial charge in [0.25, 0.3) is 0 Å². The van der Waals surface area contributed by atoms with Crippen LogP contribution in [-0.2, 0) is 9.59 Å². The summed E-state index contributed by atoms with van der Waals surface area (Å²) in [5, 5.41) is 0. The van der Waals surface area contributed by atoms with Crippen molar-refractivity contribution in [2.75, 3.05) is 19.0 Å². The molecule has 0 bridgehead atoms. The van der Waals surface area contributed by atoms with Gasteiger partial charge in [-0.05, 0) is 98.1 Å². The van der Waals surface area contributed by atoms with E-state index in [9.17, 15) is 9.59 Å². The molecule has 4 aliphatic rings. The summed E-state index contributed by atoms with van der Waals surface area (Å²) in [6, 6.07) is 9.05. The number of Topliss-reactive ketones (excluding diaryl/α,β-unsaturated/α-hetero) is 1. The van der Waals surface area contributed by atoms with E-state index < -0.39 is 0 Å². The summed E-state index contributed by atoms with van der Waals surface area (Å²) >= 11 is 0. The number of carbonyl (C=O) groups is 2. The first-order valence-electron chi connectivity index (χ1n) is 11.7. The Kier molecular flexibility index (Phi) is 4.95. The highest BCUT2D eigenvalue weighted by Gasteiger charge is 2.50. The minimum absolute atomic E-state index is 0.245. The second-order valence-electron chi connectivity index (χ2n) is 10.1. The molecule has 0 aromatic heterocycles. The van der Waals surface area contributed by atoms with Crippen molar-refractivity contribution in [3.05, 3.63) is 52.6 Å². The third-order valence-corrected chi connectivity index (χ3v) is 8.43. The molecule has 3 nitrogen and oxygen atoms in total. The van der Waals surface area contributed by atoms with Crippen LogP contribution in [0.25, 0.3) is 0 Å². The summed E-state index contributed by atoms with van der Waals surface area (Å²) in [5.41, 5.74) is 7.04. The second-order valence-corrected chi connectivity index (χ2v) is 10.1. The van der Waals surface area contributed by atoms with Crippen molar-refractivity contribution in [2.45, 2.75) is 57.8 Å². The van der Waals surface area contributed by atoms with Gasteiger partial charge in [0, 0.05) is 38.0 Å². The first-order valence-corrected chi connectivity index (χ1v) is 11.7. The average molecular weight is 404 g/mol. The van der Waals surface area contributed by atoms with Crippen LogP contribution in [0, 0.1) is 23.7 Å². The lowest BCUT2D eigenvalue weighted by atomic mass is 9.57. The minimum Gasteiger partial charge on any atom is -0.378 e. The van der Waals surface area contributed by atoms with E-state index in [0.717, 1.165) is 32.1 Å². The zero-order valence-corrected chi connectivity index (χ0v) is 18.5. The molecule has 0 radical (unpaired) electrons. The molecule has 0 amide bonds. The van der Waals surface area contributed by atoms with Crippen molar-refractivity contribution in [2.24, 2.45) is 23.7 Å². The maximum Gasteiger partial charge on any atom is 0.156 e. The summed E-state index contributed by atoms with van der Waals surface area (Å²) in [6.45, 7) is 1.80. The normalized spacial score (nSPS) is 32.8. The highest BCUT2D eigenvalue weighted by atomic mass is 16.1.